The fourth-order valence-electron chi connectivity index (χ4n) is 2.50. The topological polar surface area (TPSA) is 25.2 Å². The van der Waals surface area contributed by atoms with Crippen molar-refractivity contribution in [2.45, 2.75) is 19.4 Å². The summed E-state index contributed by atoms with van der Waals surface area (Å²) in [6, 6.07) is 14.1. The molecular formula is C17H16INO. The zero-order valence-corrected chi connectivity index (χ0v) is 13.6. The normalized spacial score (nSPS) is 11.9. The second-order valence-electron chi connectivity index (χ2n) is 5.48. The first-order chi connectivity index (χ1) is 9.50. The van der Waals surface area contributed by atoms with Crippen LogP contribution in [-0.4, -0.2) is 9.67 Å². The summed E-state index contributed by atoms with van der Waals surface area (Å²) in [4.78, 5) is 0. The SMILES string of the molecule is CC(C)(c1ccccc1)n1cc2c(O)ccc(I)c2c1. The van der Waals surface area contributed by atoms with Gasteiger partial charge in [-0.1, -0.05) is 30.3 Å². The van der Waals surface area contributed by atoms with E-state index < -0.39 is 0 Å². The van der Waals surface area contributed by atoms with Crippen LogP contribution >= 0.6 is 22.6 Å². The average Bonchev–Trinajstić information content (AvgIpc) is 2.91. The number of benzene rings is 2. The predicted octanol–water partition coefficient (Wildman–Crippen LogP) is 4.73. The van der Waals surface area contributed by atoms with Gasteiger partial charge in [0.05, 0.1) is 5.54 Å². The van der Waals surface area contributed by atoms with Gasteiger partial charge in [0.1, 0.15) is 5.75 Å². The Kier molecular flexibility index (Phi) is 3.24. The van der Waals surface area contributed by atoms with Crippen molar-refractivity contribution in [2.75, 3.05) is 0 Å². The van der Waals surface area contributed by atoms with Gasteiger partial charge in [0.15, 0.2) is 0 Å². The summed E-state index contributed by atoms with van der Waals surface area (Å²) >= 11 is 2.31. The maximum absolute atomic E-state index is 10.0. The van der Waals surface area contributed by atoms with Crippen molar-refractivity contribution < 1.29 is 5.11 Å². The minimum absolute atomic E-state index is 0.157. The minimum Gasteiger partial charge on any atom is -0.507 e. The summed E-state index contributed by atoms with van der Waals surface area (Å²) in [7, 11) is 0. The molecule has 0 amide bonds. The lowest BCUT2D eigenvalue weighted by Crippen LogP contribution is -2.26. The van der Waals surface area contributed by atoms with E-state index in [4.69, 9.17) is 0 Å². The number of phenols is 1. The molecule has 3 aromatic rings. The van der Waals surface area contributed by atoms with Crippen molar-refractivity contribution in [3.8, 4) is 5.75 Å². The van der Waals surface area contributed by atoms with Crippen LogP contribution in [0.5, 0.6) is 5.75 Å². The number of aromatic hydroxyl groups is 1. The predicted molar refractivity (Wildman–Crippen MR) is 91.2 cm³/mol. The van der Waals surface area contributed by atoms with Crippen LogP contribution in [0.2, 0.25) is 0 Å². The first-order valence-corrected chi connectivity index (χ1v) is 7.63. The quantitative estimate of drug-likeness (QED) is 0.642. The number of hydrogen-bond donors (Lipinski definition) is 1. The molecule has 2 aromatic carbocycles. The highest BCUT2D eigenvalue weighted by Crippen LogP contribution is 2.34. The largest absolute Gasteiger partial charge is 0.507 e. The van der Waals surface area contributed by atoms with Gasteiger partial charge in [-0.15, -0.1) is 0 Å². The Morgan fingerprint density at radius 1 is 0.950 bits per heavy atom. The molecule has 102 valence electrons. The molecule has 0 aliphatic heterocycles. The number of phenolic OH excluding ortho intramolecular Hbond substituents is 1. The molecule has 1 heterocycles. The molecule has 0 saturated carbocycles. The molecule has 0 radical (unpaired) electrons. The highest BCUT2D eigenvalue weighted by molar-refractivity contribution is 14.1. The van der Waals surface area contributed by atoms with Crippen molar-refractivity contribution in [3.05, 3.63) is 64.0 Å². The molecule has 1 N–H and O–H groups in total. The van der Waals surface area contributed by atoms with Gasteiger partial charge in [-0.3, -0.25) is 0 Å². The Morgan fingerprint density at radius 2 is 1.60 bits per heavy atom. The number of fused-ring (bicyclic) bond motifs is 1. The number of aromatic nitrogens is 1. The van der Waals surface area contributed by atoms with Crippen molar-refractivity contribution >= 4 is 33.4 Å². The second kappa shape index (κ2) is 4.81. The number of nitrogens with zero attached hydrogens (tertiary/aromatic N) is 1. The van der Waals surface area contributed by atoms with Crippen LogP contribution in [-0.2, 0) is 5.54 Å². The summed E-state index contributed by atoms with van der Waals surface area (Å²) in [6.07, 6.45) is 4.14. The molecule has 0 fully saturated rings. The average molecular weight is 377 g/mol. The van der Waals surface area contributed by atoms with Crippen LogP contribution in [0.3, 0.4) is 0 Å². The molecule has 3 heteroatoms. The van der Waals surface area contributed by atoms with Crippen molar-refractivity contribution in [3.63, 3.8) is 0 Å². The van der Waals surface area contributed by atoms with Gasteiger partial charge in [0.25, 0.3) is 0 Å². The molecular weight excluding hydrogens is 361 g/mol. The third kappa shape index (κ3) is 2.10. The molecule has 1 aromatic heterocycles. The van der Waals surface area contributed by atoms with Crippen LogP contribution < -0.4 is 0 Å². The van der Waals surface area contributed by atoms with Gasteiger partial charge >= 0.3 is 0 Å². The zero-order chi connectivity index (χ0) is 14.3. The molecule has 0 aliphatic rings. The van der Waals surface area contributed by atoms with Crippen LogP contribution in [0.25, 0.3) is 10.8 Å². The van der Waals surface area contributed by atoms with Gasteiger partial charge in [-0.25, -0.2) is 0 Å². The Bertz CT molecular complexity index is 720. The maximum atomic E-state index is 10.0. The molecule has 0 atom stereocenters. The lowest BCUT2D eigenvalue weighted by molar-refractivity contribution is 0.438. The van der Waals surface area contributed by atoms with Crippen LogP contribution in [0.15, 0.2) is 54.9 Å². The van der Waals surface area contributed by atoms with E-state index in [9.17, 15) is 5.11 Å². The summed E-state index contributed by atoms with van der Waals surface area (Å²) in [5.41, 5.74) is 1.09. The molecule has 20 heavy (non-hydrogen) atoms. The molecule has 0 unspecified atom stereocenters. The van der Waals surface area contributed by atoms with Gasteiger partial charge in [-0.2, -0.15) is 0 Å². The van der Waals surface area contributed by atoms with E-state index in [0.717, 1.165) is 14.3 Å². The molecule has 0 saturated heterocycles. The van der Waals surface area contributed by atoms with Crippen molar-refractivity contribution in [2.24, 2.45) is 0 Å². The standard InChI is InChI=1S/C17H16INO/c1-17(2,12-6-4-3-5-7-12)19-10-13-14(11-19)16(20)9-8-15(13)18/h3-11,20H,1-2H3. The minimum atomic E-state index is -0.157. The fraction of sp³-hybridized carbons (Fsp3) is 0.176. The Hall–Kier alpha value is -1.49. The maximum Gasteiger partial charge on any atom is 0.125 e. The van der Waals surface area contributed by atoms with Crippen LogP contribution in [0.4, 0.5) is 0 Å². The molecule has 0 bridgehead atoms. The molecule has 3 rings (SSSR count). The van der Waals surface area contributed by atoms with Gasteiger partial charge in [0.2, 0.25) is 0 Å². The fourth-order valence-corrected chi connectivity index (χ4v) is 3.11. The Labute approximate surface area is 132 Å². The van der Waals surface area contributed by atoms with E-state index >= 15 is 0 Å². The van der Waals surface area contributed by atoms with Gasteiger partial charge < -0.3 is 9.67 Å². The van der Waals surface area contributed by atoms with E-state index in [1.165, 1.54) is 5.56 Å². The van der Waals surface area contributed by atoms with Crippen molar-refractivity contribution in [1.29, 1.82) is 0 Å². The van der Waals surface area contributed by atoms with E-state index in [1.54, 1.807) is 6.07 Å². The Morgan fingerprint density at radius 3 is 2.25 bits per heavy atom. The van der Waals surface area contributed by atoms with E-state index in [0.29, 0.717) is 5.75 Å². The Balaban J connectivity index is 2.20. The van der Waals surface area contributed by atoms with Crippen molar-refractivity contribution in [1.82, 2.24) is 4.57 Å². The lowest BCUT2D eigenvalue weighted by Gasteiger charge is -2.27. The summed E-state index contributed by atoms with van der Waals surface area (Å²) in [5.74, 6) is 0.336. The van der Waals surface area contributed by atoms with E-state index in [-0.39, 0.29) is 5.54 Å². The van der Waals surface area contributed by atoms with E-state index in [1.807, 2.05) is 18.3 Å². The number of rotatable bonds is 2. The number of hydrogen-bond acceptors (Lipinski definition) is 1. The number of halogens is 1. The van der Waals surface area contributed by atoms with E-state index in [2.05, 4.69) is 71.5 Å². The summed E-state index contributed by atoms with van der Waals surface area (Å²) < 4.78 is 3.33. The second-order valence-corrected chi connectivity index (χ2v) is 6.65. The molecule has 0 aliphatic carbocycles. The highest BCUT2D eigenvalue weighted by atomic mass is 127. The summed E-state index contributed by atoms with van der Waals surface area (Å²) in [6.45, 7) is 4.37. The lowest BCUT2D eigenvalue weighted by atomic mass is 9.94. The van der Waals surface area contributed by atoms with Crippen LogP contribution in [0, 0.1) is 3.57 Å². The first kappa shape index (κ1) is 13.5. The zero-order valence-electron chi connectivity index (χ0n) is 11.5. The highest BCUT2D eigenvalue weighted by Gasteiger charge is 2.23. The van der Waals surface area contributed by atoms with Gasteiger partial charge in [-0.05, 0) is 54.1 Å². The third-order valence-corrected chi connectivity index (χ3v) is 4.81. The third-order valence-electron chi connectivity index (χ3n) is 3.87. The summed E-state index contributed by atoms with van der Waals surface area (Å²) in [5, 5.41) is 12.0. The van der Waals surface area contributed by atoms with Gasteiger partial charge in [0, 0.05) is 26.7 Å². The molecule has 2 nitrogen and oxygen atoms in total. The first-order valence-electron chi connectivity index (χ1n) is 6.55. The smallest absolute Gasteiger partial charge is 0.125 e. The molecule has 0 spiro atoms. The monoisotopic (exact) mass is 377 g/mol. The van der Waals surface area contributed by atoms with Crippen LogP contribution in [0.1, 0.15) is 19.4 Å².